The van der Waals surface area contributed by atoms with Crippen LogP contribution in [0.15, 0.2) is 71.2 Å². The number of β-lactam (4-membered cyclic amide) rings is 1. The Balaban J connectivity index is 1.24. The molecule has 0 radical (unpaired) electrons. The number of carbonyl (C=O) groups is 6. The molecule has 20 heteroatoms. The molecule has 2 aromatic carbocycles. The normalized spacial score (nSPS) is 21.3. The van der Waals surface area contributed by atoms with Crippen LogP contribution in [0.4, 0.5) is 14.7 Å². The number of urea groups is 1. The van der Waals surface area contributed by atoms with Gasteiger partial charge in [0.25, 0.3) is 5.91 Å². The quantitative estimate of drug-likeness (QED) is 0.0486. The van der Waals surface area contributed by atoms with Crippen LogP contribution in [0.3, 0.4) is 0 Å². The number of amides is 5. The van der Waals surface area contributed by atoms with E-state index in [2.05, 4.69) is 20.8 Å². The summed E-state index contributed by atoms with van der Waals surface area (Å²) in [6, 6.07) is 16.3. The average molecular weight is 809 g/mol. The van der Waals surface area contributed by atoms with Crippen LogP contribution in [-0.2, 0) is 33.5 Å². The van der Waals surface area contributed by atoms with Crippen LogP contribution in [0.5, 0.6) is 0 Å². The number of nitrogens with zero attached hydrogens (tertiary/aromatic N) is 5. The molecule has 56 heavy (non-hydrogen) atoms. The zero-order valence-corrected chi connectivity index (χ0v) is 32.4. The van der Waals surface area contributed by atoms with Crippen molar-refractivity contribution in [2.75, 3.05) is 25.0 Å². The van der Waals surface area contributed by atoms with Crippen LogP contribution in [0, 0.1) is 0 Å². The highest BCUT2D eigenvalue weighted by Crippen LogP contribution is 2.49. The molecular weight excluding hydrogens is 769 g/mol. The zero-order valence-electron chi connectivity index (χ0n) is 30.7. The lowest BCUT2D eigenvalue weighted by atomic mass is 10.0. The molecule has 3 aromatic rings. The van der Waals surface area contributed by atoms with Gasteiger partial charge in [0, 0.05) is 11.9 Å². The molecule has 5 N–H and O–H groups in total. The number of thiazole rings is 1. The summed E-state index contributed by atoms with van der Waals surface area (Å²) in [4.78, 5) is 89.3. The molecule has 4 atom stereocenters. The molecule has 4 heterocycles. The van der Waals surface area contributed by atoms with E-state index in [1.54, 1.807) is 27.7 Å². The van der Waals surface area contributed by atoms with Crippen molar-refractivity contribution < 1.29 is 48.2 Å². The molecule has 0 aliphatic carbocycles. The Hall–Kier alpha value is -5.73. The summed E-state index contributed by atoms with van der Waals surface area (Å²) in [6.45, 7) is 6.51. The minimum absolute atomic E-state index is 0.0243. The lowest BCUT2D eigenvalue weighted by molar-refractivity contribution is -0.161. The first kappa shape index (κ1) is 39.9. The molecule has 18 nitrogen and oxygen atoms in total. The number of carboxylic acids is 1. The Bertz CT molecular complexity index is 1990. The molecule has 0 saturated carbocycles. The van der Waals surface area contributed by atoms with E-state index in [1.807, 2.05) is 60.7 Å². The van der Waals surface area contributed by atoms with Gasteiger partial charge in [-0.1, -0.05) is 84.5 Å². The fourth-order valence-corrected chi connectivity index (χ4v) is 8.44. The van der Waals surface area contributed by atoms with Crippen molar-refractivity contribution in [2.45, 2.75) is 68.2 Å². The monoisotopic (exact) mass is 808 g/mol. The van der Waals surface area contributed by atoms with Gasteiger partial charge in [0.1, 0.15) is 22.7 Å². The summed E-state index contributed by atoms with van der Waals surface area (Å²) in [5.41, 5.74) is 0.0764. The molecule has 1 aromatic heterocycles. The summed E-state index contributed by atoms with van der Waals surface area (Å²) in [5, 5.41) is 20.9. The van der Waals surface area contributed by atoms with Crippen molar-refractivity contribution in [1.82, 2.24) is 25.1 Å². The number of fused-ring (bicyclic) bond motifs is 1. The summed E-state index contributed by atoms with van der Waals surface area (Å²) in [6.07, 6.45) is -2.80. The third-order valence-electron chi connectivity index (χ3n) is 8.85. The standard InChI is InChI=1S/C36H40N8O10S2/c1-5-23(30(47)52-26(20-12-8-6-9-13-20)21-14-10-7-11-15-21)54-41-24(22-18-55-32(38-22)40-33(50)53-35(2,3)4)27(45)39-25-28(46)42-19-36(31(48)49,56-29(25)42)43-16-17-44(37)34(43)51/h6-15,18,23,25-26,29H,5,16-17,19,37H2,1-4H3,(H,39,45)(H,48,49)(H,38,40,50)/b41-24-/t23-,25+,29+,36+/m0/s1. The van der Waals surface area contributed by atoms with Crippen LogP contribution < -0.4 is 16.5 Å². The topological polar surface area (TPSA) is 235 Å². The Morgan fingerprint density at radius 3 is 2.25 bits per heavy atom. The lowest BCUT2D eigenvalue weighted by Crippen LogP contribution is -2.68. The maximum absolute atomic E-state index is 14.0. The van der Waals surface area contributed by atoms with Crippen LogP contribution >= 0.6 is 23.1 Å². The van der Waals surface area contributed by atoms with Gasteiger partial charge in [0.2, 0.25) is 16.9 Å². The second-order valence-electron chi connectivity index (χ2n) is 13.9. The number of carboxylic acid groups (broad SMARTS) is 1. The van der Waals surface area contributed by atoms with E-state index in [4.69, 9.17) is 20.2 Å². The number of benzene rings is 2. The summed E-state index contributed by atoms with van der Waals surface area (Å²) < 4.78 is 11.3. The van der Waals surface area contributed by atoms with E-state index >= 15 is 0 Å². The number of esters is 1. The van der Waals surface area contributed by atoms with Crippen LogP contribution in [0.25, 0.3) is 0 Å². The first-order chi connectivity index (χ1) is 26.6. The number of hydrazine groups is 1. The minimum Gasteiger partial charge on any atom is -0.479 e. The van der Waals surface area contributed by atoms with Gasteiger partial charge in [-0.2, -0.15) is 0 Å². The highest BCUT2D eigenvalue weighted by atomic mass is 32.2. The number of carbonyl (C=O) groups excluding carboxylic acids is 5. The number of nitrogens with one attached hydrogen (secondary N) is 2. The summed E-state index contributed by atoms with van der Waals surface area (Å²) >= 11 is 1.77. The van der Waals surface area contributed by atoms with Gasteiger partial charge in [0.05, 0.1) is 13.1 Å². The van der Waals surface area contributed by atoms with Gasteiger partial charge >= 0.3 is 24.1 Å². The third kappa shape index (κ3) is 8.26. The molecule has 5 amide bonds. The van der Waals surface area contributed by atoms with Crippen molar-refractivity contribution >= 4 is 69.8 Å². The van der Waals surface area contributed by atoms with E-state index in [9.17, 15) is 33.9 Å². The molecule has 3 aliphatic rings. The number of oxime groups is 1. The highest BCUT2D eigenvalue weighted by Gasteiger charge is 2.66. The van der Waals surface area contributed by atoms with Gasteiger partial charge in [-0.05, 0) is 38.3 Å². The van der Waals surface area contributed by atoms with E-state index < -0.39 is 75.7 Å². The van der Waals surface area contributed by atoms with Gasteiger partial charge in [-0.15, -0.1) is 11.3 Å². The SMILES string of the molecule is CC[C@H](O/N=C(\C(=O)N[C@@H]1C(=O)N2C[C@@](C(=O)O)(N3CCN(N)C3=O)S[C@H]12)c1csc(NC(=O)OC(C)(C)C)n1)C(=O)OC(c1ccccc1)c1ccccc1. The van der Waals surface area contributed by atoms with E-state index in [0.717, 1.165) is 33.0 Å². The Morgan fingerprint density at radius 2 is 1.70 bits per heavy atom. The molecule has 0 bridgehead atoms. The lowest BCUT2D eigenvalue weighted by Gasteiger charge is -2.41. The number of hydrogen-bond acceptors (Lipinski definition) is 14. The zero-order chi connectivity index (χ0) is 40.4. The number of rotatable bonds is 13. The van der Waals surface area contributed by atoms with E-state index in [1.165, 1.54) is 10.3 Å². The largest absolute Gasteiger partial charge is 0.479 e. The fourth-order valence-electron chi connectivity index (χ4n) is 6.12. The smallest absolute Gasteiger partial charge is 0.413 e. The Morgan fingerprint density at radius 1 is 1.05 bits per heavy atom. The highest BCUT2D eigenvalue weighted by molar-refractivity contribution is 8.02. The number of aliphatic carboxylic acids is 1. The van der Waals surface area contributed by atoms with Gasteiger partial charge in [-0.25, -0.2) is 30.0 Å². The van der Waals surface area contributed by atoms with Crippen LogP contribution in [-0.4, -0.2) is 114 Å². The first-order valence-electron chi connectivity index (χ1n) is 17.5. The van der Waals surface area contributed by atoms with Gasteiger partial charge in [-0.3, -0.25) is 24.8 Å². The molecule has 3 fully saturated rings. The molecule has 0 spiro atoms. The number of aromatic nitrogens is 1. The number of thioether (sulfide) groups is 1. The number of ether oxygens (including phenoxy) is 2. The van der Waals surface area contributed by atoms with Crippen molar-refractivity contribution in [3.05, 3.63) is 82.9 Å². The average Bonchev–Trinajstić information content (AvgIpc) is 3.87. The molecular formula is C36H40N8O10S2. The first-order valence-corrected chi connectivity index (χ1v) is 19.2. The maximum Gasteiger partial charge on any atom is 0.413 e. The molecule has 0 unspecified atom stereocenters. The number of anilines is 1. The van der Waals surface area contributed by atoms with Crippen molar-refractivity contribution in [1.29, 1.82) is 0 Å². The maximum atomic E-state index is 14.0. The van der Waals surface area contributed by atoms with Crippen LogP contribution in [0.2, 0.25) is 0 Å². The number of hydrogen-bond donors (Lipinski definition) is 4. The predicted octanol–water partition coefficient (Wildman–Crippen LogP) is 3.11. The van der Waals surface area contributed by atoms with Crippen molar-refractivity contribution in [2.24, 2.45) is 11.0 Å². The van der Waals surface area contributed by atoms with Crippen molar-refractivity contribution in [3.63, 3.8) is 0 Å². The number of nitrogens with two attached hydrogens (primary N) is 1. The third-order valence-corrected chi connectivity index (χ3v) is 11.3. The van der Waals surface area contributed by atoms with E-state index in [0.29, 0.717) is 11.1 Å². The van der Waals surface area contributed by atoms with Gasteiger partial charge in [0.15, 0.2) is 16.9 Å². The summed E-state index contributed by atoms with van der Waals surface area (Å²) in [5.74, 6) is 2.05. The Labute approximate surface area is 329 Å². The second-order valence-corrected chi connectivity index (χ2v) is 16.1. The van der Waals surface area contributed by atoms with Crippen LogP contribution in [0.1, 0.15) is 57.0 Å². The molecule has 3 saturated heterocycles. The summed E-state index contributed by atoms with van der Waals surface area (Å²) in [7, 11) is 0. The molecule has 6 rings (SSSR count). The molecule has 296 valence electrons. The molecule has 3 aliphatic heterocycles. The van der Waals surface area contributed by atoms with E-state index in [-0.39, 0.29) is 36.9 Å². The second kappa shape index (κ2) is 16.2. The Kier molecular flexibility index (Phi) is 11.5. The minimum atomic E-state index is -1.84. The predicted molar refractivity (Wildman–Crippen MR) is 203 cm³/mol. The van der Waals surface area contributed by atoms with Crippen molar-refractivity contribution in [3.8, 4) is 0 Å². The van der Waals surface area contributed by atoms with Gasteiger partial charge < -0.3 is 29.6 Å². The fraction of sp³-hybridized carbons (Fsp3) is 0.389.